The van der Waals surface area contributed by atoms with Crippen LogP contribution >= 0.6 is 0 Å². The normalized spacial score (nSPS) is 11.1. The van der Waals surface area contributed by atoms with Gasteiger partial charge in [0, 0.05) is 33.9 Å². The van der Waals surface area contributed by atoms with E-state index in [2.05, 4.69) is 241 Å². The molecule has 10 aromatic carbocycles. The maximum atomic E-state index is 3.83. The molecule has 0 atom stereocenters. The zero-order valence-electron chi connectivity index (χ0n) is 31.9. The van der Waals surface area contributed by atoms with Crippen LogP contribution < -0.4 is 10.6 Å². The molecule has 10 aromatic rings. The van der Waals surface area contributed by atoms with Crippen LogP contribution in [-0.4, -0.2) is 0 Å². The summed E-state index contributed by atoms with van der Waals surface area (Å²) in [6, 6.07) is 82.5. The highest BCUT2D eigenvalue weighted by molar-refractivity contribution is 6.02. The van der Waals surface area contributed by atoms with Crippen molar-refractivity contribution in [2.45, 2.75) is 0 Å². The number of para-hydroxylation sites is 2. The van der Waals surface area contributed by atoms with Gasteiger partial charge in [0.25, 0.3) is 0 Å². The Morgan fingerprint density at radius 2 is 0.586 bits per heavy atom. The molecule has 0 fully saturated rings. The first-order chi connectivity index (χ1) is 28.8. The molecule has 0 unspecified atom stereocenters. The van der Waals surface area contributed by atoms with Crippen LogP contribution in [0.15, 0.2) is 231 Å². The highest BCUT2D eigenvalue weighted by Crippen LogP contribution is 2.43. The maximum Gasteiger partial charge on any atom is 0.0464 e. The summed E-state index contributed by atoms with van der Waals surface area (Å²) in [6.45, 7) is 0. The summed E-state index contributed by atoms with van der Waals surface area (Å²) in [4.78, 5) is 0. The van der Waals surface area contributed by atoms with E-state index in [4.69, 9.17) is 0 Å². The molecule has 0 amide bonds. The Hall–Kier alpha value is -7.68. The predicted octanol–water partition coefficient (Wildman–Crippen LogP) is 15.8. The van der Waals surface area contributed by atoms with E-state index < -0.39 is 0 Å². The van der Waals surface area contributed by atoms with Gasteiger partial charge in [-0.2, -0.15) is 0 Å². The fraction of sp³-hybridized carbons (Fsp3) is 0. The van der Waals surface area contributed by atoms with Crippen molar-refractivity contribution in [1.29, 1.82) is 0 Å². The summed E-state index contributed by atoms with van der Waals surface area (Å²) in [7, 11) is 0. The summed E-state index contributed by atoms with van der Waals surface area (Å²) in [5.74, 6) is 0. The van der Waals surface area contributed by atoms with E-state index in [1.807, 2.05) is 0 Å². The first-order valence-electron chi connectivity index (χ1n) is 19.8. The first-order valence-corrected chi connectivity index (χ1v) is 19.8. The van der Waals surface area contributed by atoms with Crippen molar-refractivity contribution < 1.29 is 0 Å². The number of benzene rings is 10. The smallest absolute Gasteiger partial charge is 0.0464 e. The maximum absolute atomic E-state index is 3.83. The van der Waals surface area contributed by atoms with Crippen molar-refractivity contribution >= 4 is 44.3 Å². The second-order valence-electron chi connectivity index (χ2n) is 14.6. The molecule has 2 N–H and O–H groups in total. The average Bonchev–Trinajstić information content (AvgIpc) is 3.30. The molecule has 0 saturated carbocycles. The molecule has 10 rings (SSSR count). The molecule has 0 bridgehead atoms. The van der Waals surface area contributed by atoms with Crippen LogP contribution in [0.1, 0.15) is 0 Å². The number of hydrogen-bond donors (Lipinski definition) is 2. The third kappa shape index (κ3) is 6.78. The van der Waals surface area contributed by atoms with Gasteiger partial charge in [0.1, 0.15) is 0 Å². The molecule has 2 heteroatoms. The quantitative estimate of drug-likeness (QED) is 0.154. The van der Waals surface area contributed by atoms with E-state index in [9.17, 15) is 0 Å². The van der Waals surface area contributed by atoms with Crippen molar-refractivity contribution in [3.63, 3.8) is 0 Å². The summed E-state index contributed by atoms with van der Waals surface area (Å²) < 4.78 is 0. The van der Waals surface area contributed by atoms with Gasteiger partial charge in [-0.15, -0.1) is 0 Å². The van der Waals surface area contributed by atoms with Crippen molar-refractivity contribution in [2.24, 2.45) is 0 Å². The van der Waals surface area contributed by atoms with Crippen LogP contribution in [0.4, 0.5) is 22.7 Å². The third-order valence-electron chi connectivity index (χ3n) is 11.1. The van der Waals surface area contributed by atoms with E-state index in [1.165, 1.54) is 54.9 Å². The van der Waals surface area contributed by atoms with Gasteiger partial charge in [0.2, 0.25) is 0 Å². The van der Waals surface area contributed by atoms with E-state index in [0.29, 0.717) is 0 Å². The van der Waals surface area contributed by atoms with Gasteiger partial charge < -0.3 is 10.6 Å². The average molecular weight is 741 g/mol. The van der Waals surface area contributed by atoms with Crippen molar-refractivity contribution in [1.82, 2.24) is 0 Å². The molecule has 0 aliphatic rings. The monoisotopic (exact) mass is 740 g/mol. The van der Waals surface area contributed by atoms with Gasteiger partial charge >= 0.3 is 0 Å². The van der Waals surface area contributed by atoms with E-state index in [0.717, 1.165) is 45.0 Å². The minimum atomic E-state index is 1.03. The minimum absolute atomic E-state index is 1.03. The number of anilines is 4. The molecule has 274 valence electrons. The fourth-order valence-corrected chi connectivity index (χ4v) is 8.31. The molecule has 0 spiro atoms. The van der Waals surface area contributed by atoms with Crippen LogP contribution in [0.2, 0.25) is 0 Å². The Bertz CT molecular complexity index is 2840. The minimum Gasteiger partial charge on any atom is -0.355 e. The predicted molar refractivity (Wildman–Crippen MR) is 248 cm³/mol. The van der Waals surface area contributed by atoms with Gasteiger partial charge in [-0.1, -0.05) is 194 Å². The van der Waals surface area contributed by atoms with Gasteiger partial charge in [-0.3, -0.25) is 0 Å². The lowest BCUT2D eigenvalue weighted by atomic mass is 9.88. The molecule has 58 heavy (non-hydrogen) atoms. The highest BCUT2D eigenvalue weighted by Gasteiger charge is 2.17. The topological polar surface area (TPSA) is 24.1 Å². The zero-order valence-corrected chi connectivity index (χ0v) is 31.9. The van der Waals surface area contributed by atoms with Gasteiger partial charge in [0.15, 0.2) is 0 Å². The number of hydrogen-bond acceptors (Lipinski definition) is 2. The standard InChI is InChI=1S/C56H40N2/c1-3-17-41(18-4-1)53-37-43(57-55-31-13-11-27-51(55)47-29-15-23-39-21-7-9-25-45(39)47)33-35-49(53)50-36-34-44(38-54(50)42-19-5-2-6-20-42)58-56-32-14-12-28-52(56)48-30-16-24-40-22-8-10-26-46(40)48/h1-38,57-58H. The number of rotatable bonds is 9. The van der Waals surface area contributed by atoms with Crippen molar-refractivity contribution in [3.05, 3.63) is 231 Å². The number of nitrogens with one attached hydrogen (secondary N) is 2. The Kier molecular flexibility index (Phi) is 9.27. The molecular formula is C56H40N2. The number of fused-ring (bicyclic) bond motifs is 2. The molecule has 0 aliphatic carbocycles. The van der Waals surface area contributed by atoms with E-state index in [1.54, 1.807) is 0 Å². The van der Waals surface area contributed by atoms with Crippen LogP contribution in [0, 0.1) is 0 Å². The summed E-state index contributed by atoms with van der Waals surface area (Å²) in [5.41, 5.74) is 15.9. The van der Waals surface area contributed by atoms with Crippen LogP contribution in [0.25, 0.3) is 77.2 Å². The Balaban J connectivity index is 1.07. The molecule has 2 nitrogen and oxygen atoms in total. The molecule has 0 radical (unpaired) electrons. The van der Waals surface area contributed by atoms with Gasteiger partial charge in [-0.05, 0) is 102 Å². The summed E-state index contributed by atoms with van der Waals surface area (Å²) in [5, 5.41) is 12.6. The molecule has 0 aromatic heterocycles. The lowest BCUT2D eigenvalue weighted by Gasteiger charge is -2.20. The van der Waals surface area contributed by atoms with Crippen LogP contribution in [-0.2, 0) is 0 Å². The summed E-state index contributed by atoms with van der Waals surface area (Å²) >= 11 is 0. The van der Waals surface area contributed by atoms with E-state index >= 15 is 0 Å². The Morgan fingerprint density at radius 3 is 1.05 bits per heavy atom. The zero-order chi connectivity index (χ0) is 38.7. The SMILES string of the molecule is c1ccc(-c2cc(Nc3ccccc3-c3cccc4ccccc34)ccc2-c2ccc(Nc3ccccc3-c3cccc4ccccc34)cc2-c2ccccc2)cc1. The van der Waals surface area contributed by atoms with E-state index in [-0.39, 0.29) is 0 Å². The second-order valence-corrected chi connectivity index (χ2v) is 14.6. The third-order valence-corrected chi connectivity index (χ3v) is 11.1. The second kappa shape index (κ2) is 15.5. The van der Waals surface area contributed by atoms with Crippen molar-refractivity contribution in [3.8, 4) is 55.6 Å². The van der Waals surface area contributed by atoms with Gasteiger partial charge in [-0.25, -0.2) is 0 Å². The Labute approximate surface area is 339 Å². The van der Waals surface area contributed by atoms with Crippen LogP contribution in [0.3, 0.4) is 0 Å². The first kappa shape index (κ1) is 34.8. The molecule has 0 aliphatic heterocycles. The largest absolute Gasteiger partial charge is 0.355 e. The fourth-order valence-electron chi connectivity index (χ4n) is 8.31. The highest BCUT2D eigenvalue weighted by atomic mass is 14.9. The lowest BCUT2D eigenvalue weighted by molar-refractivity contribution is 1.50. The summed E-state index contributed by atoms with van der Waals surface area (Å²) in [6.07, 6.45) is 0. The lowest BCUT2D eigenvalue weighted by Crippen LogP contribution is -1.97. The molecular weight excluding hydrogens is 701 g/mol. The molecule has 0 heterocycles. The van der Waals surface area contributed by atoms with Crippen LogP contribution in [0.5, 0.6) is 0 Å². The van der Waals surface area contributed by atoms with Crippen molar-refractivity contribution in [2.75, 3.05) is 10.6 Å². The Morgan fingerprint density at radius 1 is 0.224 bits per heavy atom. The van der Waals surface area contributed by atoms with Gasteiger partial charge in [0.05, 0.1) is 0 Å². The molecule has 0 saturated heterocycles.